The van der Waals surface area contributed by atoms with Gasteiger partial charge in [-0.25, -0.2) is 4.79 Å². The minimum atomic E-state index is -0.998. The van der Waals surface area contributed by atoms with Gasteiger partial charge in [-0.15, -0.1) is 0 Å². The zero-order valence-corrected chi connectivity index (χ0v) is 14.1. The average molecular weight is 352 g/mol. The van der Waals surface area contributed by atoms with Gasteiger partial charge in [0.1, 0.15) is 0 Å². The van der Waals surface area contributed by atoms with Crippen LogP contribution in [-0.4, -0.2) is 32.2 Å². The number of hydrogen-bond acceptors (Lipinski definition) is 4. The molecule has 0 saturated heterocycles. The van der Waals surface area contributed by atoms with E-state index in [1.165, 1.54) is 22.5 Å². The third-order valence-electron chi connectivity index (χ3n) is 3.70. The Hall–Kier alpha value is -3.06. The van der Waals surface area contributed by atoms with Gasteiger partial charge in [-0.05, 0) is 30.3 Å². The molecule has 3 rings (SSSR count). The number of aromatic carboxylic acids is 1. The number of carboxylic acids is 1. The molecule has 0 saturated carbocycles. The van der Waals surface area contributed by atoms with E-state index in [-0.39, 0.29) is 5.56 Å². The van der Waals surface area contributed by atoms with Gasteiger partial charge in [-0.1, -0.05) is 48.5 Å². The number of aryl methyl sites for hydroxylation is 2. The Morgan fingerprint density at radius 1 is 1.16 bits per heavy atom. The third kappa shape index (κ3) is 4.07. The van der Waals surface area contributed by atoms with Crippen LogP contribution in [-0.2, 0) is 12.8 Å². The first kappa shape index (κ1) is 16.8. The molecule has 0 atom stereocenters. The monoisotopic (exact) mass is 352 g/mol. The van der Waals surface area contributed by atoms with Crippen molar-refractivity contribution in [3.63, 3.8) is 0 Å². The van der Waals surface area contributed by atoms with E-state index in [0.717, 1.165) is 6.42 Å². The Balaban J connectivity index is 1.83. The number of nitrogens with one attached hydrogen (secondary N) is 1. The van der Waals surface area contributed by atoms with Crippen LogP contribution in [0.1, 0.15) is 27.3 Å². The van der Waals surface area contributed by atoms with E-state index in [0.29, 0.717) is 22.6 Å². The molecule has 126 valence electrons. The van der Waals surface area contributed by atoms with Gasteiger partial charge in [-0.2, -0.15) is 14.9 Å². The fraction of sp³-hybridized carbons (Fsp3) is 0.111. The molecular weight excluding hydrogens is 336 g/mol. The molecule has 6 nitrogen and oxygen atoms in total. The van der Waals surface area contributed by atoms with E-state index in [4.69, 9.17) is 12.2 Å². The Morgan fingerprint density at radius 3 is 2.64 bits per heavy atom. The van der Waals surface area contributed by atoms with Gasteiger partial charge in [0.25, 0.3) is 0 Å². The van der Waals surface area contributed by atoms with Gasteiger partial charge < -0.3 is 5.11 Å². The van der Waals surface area contributed by atoms with Gasteiger partial charge in [0, 0.05) is 12.0 Å². The van der Waals surface area contributed by atoms with Crippen molar-refractivity contribution in [1.29, 1.82) is 0 Å². The second-order valence-corrected chi connectivity index (χ2v) is 5.77. The van der Waals surface area contributed by atoms with Crippen LogP contribution in [0.4, 0.5) is 0 Å². The Bertz CT molecular complexity index is 960. The number of carboxylic acid groups (broad SMARTS) is 1. The SMILES string of the molecule is O=C(O)c1ccccc1/C=N\n1c(CCc2ccccc2)n[nH]c1=S. The highest BCUT2D eigenvalue weighted by molar-refractivity contribution is 7.71. The van der Waals surface area contributed by atoms with Gasteiger partial charge in [0.05, 0.1) is 11.8 Å². The quantitative estimate of drug-likeness (QED) is 0.527. The molecule has 1 aromatic heterocycles. The fourth-order valence-electron chi connectivity index (χ4n) is 2.43. The first-order valence-electron chi connectivity index (χ1n) is 7.72. The summed E-state index contributed by atoms with van der Waals surface area (Å²) >= 11 is 5.22. The van der Waals surface area contributed by atoms with Crippen LogP contribution in [0.2, 0.25) is 0 Å². The maximum atomic E-state index is 11.3. The van der Waals surface area contributed by atoms with Crippen molar-refractivity contribution in [2.45, 2.75) is 12.8 Å². The fourth-order valence-corrected chi connectivity index (χ4v) is 2.63. The lowest BCUT2D eigenvalue weighted by Crippen LogP contribution is -2.04. The van der Waals surface area contributed by atoms with Crippen molar-refractivity contribution < 1.29 is 9.90 Å². The predicted octanol–water partition coefficient (Wildman–Crippen LogP) is 3.31. The molecule has 0 aliphatic carbocycles. The Labute approximate surface area is 149 Å². The molecule has 0 aliphatic rings. The van der Waals surface area contributed by atoms with E-state index in [2.05, 4.69) is 27.4 Å². The van der Waals surface area contributed by atoms with Crippen LogP contribution < -0.4 is 0 Å². The van der Waals surface area contributed by atoms with Crippen molar-refractivity contribution in [2.24, 2.45) is 5.10 Å². The van der Waals surface area contributed by atoms with Crippen LogP contribution in [0.15, 0.2) is 59.7 Å². The zero-order valence-electron chi connectivity index (χ0n) is 13.3. The second kappa shape index (κ2) is 7.67. The maximum Gasteiger partial charge on any atom is 0.336 e. The van der Waals surface area contributed by atoms with Crippen molar-refractivity contribution in [3.05, 3.63) is 81.9 Å². The summed E-state index contributed by atoms with van der Waals surface area (Å²) in [6, 6.07) is 16.7. The van der Waals surface area contributed by atoms with E-state index >= 15 is 0 Å². The highest BCUT2D eigenvalue weighted by Crippen LogP contribution is 2.09. The van der Waals surface area contributed by atoms with Crippen LogP contribution in [0.25, 0.3) is 0 Å². The number of carbonyl (C=O) groups is 1. The molecule has 0 bridgehead atoms. The minimum Gasteiger partial charge on any atom is -0.478 e. The van der Waals surface area contributed by atoms with Crippen LogP contribution >= 0.6 is 12.2 Å². The lowest BCUT2D eigenvalue weighted by molar-refractivity contribution is 0.0697. The highest BCUT2D eigenvalue weighted by Gasteiger charge is 2.08. The molecule has 25 heavy (non-hydrogen) atoms. The Kier molecular flexibility index (Phi) is 5.15. The minimum absolute atomic E-state index is 0.187. The van der Waals surface area contributed by atoms with Crippen LogP contribution in [0.5, 0.6) is 0 Å². The van der Waals surface area contributed by atoms with Crippen molar-refractivity contribution in [2.75, 3.05) is 0 Å². The maximum absolute atomic E-state index is 11.3. The van der Waals surface area contributed by atoms with Gasteiger partial charge in [0.2, 0.25) is 4.77 Å². The molecule has 0 radical (unpaired) electrons. The molecule has 0 fully saturated rings. The second-order valence-electron chi connectivity index (χ2n) is 5.38. The molecule has 2 N–H and O–H groups in total. The topological polar surface area (TPSA) is 83.3 Å². The largest absolute Gasteiger partial charge is 0.478 e. The van der Waals surface area contributed by atoms with E-state index < -0.39 is 5.97 Å². The molecular formula is C18H16N4O2S. The normalized spacial score (nSPS) is 11.0. The van der Waals surface area contributed by atoms with E-state index in [9.17, 15) is 9.90 Å². The average Bonchev–Trinajstić information content (AvgIpc) is 2.99. The molecule has 0 amide bonds. The lowest BCUT2D eigenvalue weighted by Gasteiger charge is -2.03. The summed E-state index contributed by atoms with van der Waals surface area (Å²) in [5.41, 5.74) is 1.89. The summed E-state index contributed by atoms with van der Waals surface area (Å²) in [6.07, 6.45) is 2.96. The lowest BCUT2D eigenvalue weighted by atomic mass is 10.1. The van der Waals surface area contributed by atoms with Gasteiger partial charge >= 0.3 is 5.97 Å². The molecule has 0 aliphatic heterocycles. The highest BCUT2D eigenvalue weighted by atomic mass is 32.1. The standard InChI is InChI=1S/C18H16N4O2S/c23-17(24)15-9-5-4-8-14(15)12-19-22-16(20-21-18(22)25)11-10-13-6-2-1-3-7-13/h1-9,12H,10-11H2,(H,21,25)(H,23,24)/b19-12-. The summed E-state index contributed by atoms with van der Waals surface area (Å²) in [4.78, 5) is 11.3. The number of H-pyrrole nitrogens is 1. The number of aromatic nitrogens is 3. The Morgan fingerprint density at radius 2 is 1.88 bits per heavy atom. The summed E-state index contributed by atoms with van der Waals surface area (Å²) < 4.78 is 1.89. The van der Waals surface area contributed by atoms with Crippen LogP contribution in [0, 0.1) is 4.77 Å². The van der Waals surface area contributed by atoms with E-state index in [1.54, 1.807) is 18.2 Å². The number of benzene rings is 2. The van der Waals surface area contributed by atoms with E-state index in [1.807, 2.05) is 18.2 Å². The molecule has 2 aromatic carbocycles. The number of nitrogens with zero attached hydrogens (tertiary/aromatic N) is 3. The van der Waals surface area contributed by atoms with Crippen LogP contribution in [0.3, 0.4) is 0 Å². The van der Waals surface area contributed by atoms with Gasteiger partial charge in [0.15, 0.2) is 5.82 Å². The summed E-state index contributed by atoms with van der Waals surface area (Å²) in [6.45, 7) is 0. The first-order valence-corrected chi connectivity index (χ1v) is 8.13. The van der Waals surface area contributed by atoms with Crippen molar-refractivity contribution in [1.82, 2.24) is 14.9 Å². The zero-order chi connectivity index (χ0) is 17.6. The molecule has 1 heterocycles. The smallest absolute Gasteiger partial charge is 0.336 e. The van der Waals surface area contributed by atoms with Gasteiger partial charge in [-0.3, -0.25) is 5.10 Å². The molecule has 3 aromatic rings. The summed E-state index contributed by atoms with van der Waals surface area (Å²) in [7, 11) is 0. The number of rotatable bonds is 6. The van der Waals surface area contributed by atoms with Crippen molar-refractivity contribution >= 4 is 24.4 Å². The first-order chi connectivity index (χ1) is 12.1. The number of aromatic amines is 1. The summed E-state index contributed by atoms with van der Waals surface area (Å²) in [5, 5.41) is 20.5. The number of hydrogen-bond donors (Lipinski definition) is 2. The third-order valence-corrected chi connectivity index (χ3v) is 3.97. The summed E-state index contributed by atoms with van der Waals surface area (Å²) in [5.74, 6) is -0.306. The predicted molar refractivity (Wildman–Crippen MR) is 97.7 cm³/mol. The van der Waals surface area contributed by atoms with Crippen molar-refractivity contribution in [3.8, 4) is 0 Å². The molecule has 0 unspecified atom stereocenters. The molecule has 7 heteroatoms. The molecule has 0 spiro atoms.